The molecule has 9 rings (SSSR count). The molecular formula is C67H82N6O12S. The zero-order chi connectivity index (χ0) is 60.9. The number of benzene rings is 4. The summed E-state index contributed by atoms with van der Waals surface area (Å²) in [6.07, 6.45) is 1.57. The predicted octanol–water partition coefficient (Wildman–Crippen LogP) is 8.99. The molecule has 458 valence electrons. The molecule has 18 nitrogen and oxygen atoms in total. The van der Waals surface area contributed by atoms with Crippen molar-refractivity contribution in [3.63, 3.8) is 0 Å². The van der Waals surface area contributed by atoms with Gasteiger partial charge in [-0.1, -0.05) is 56.3 Å². The summed E-state index contributed by atoms with van der Waals surface area (Å²) in [6.45, 7) is 19.0. The van der Waals surface area contributed by atoms with E-state index in [1.54, 1.807) is 16.5 Å². The minimum absolute atomic E-state index is 0.0298. The van der Waals surface area contributed by atoms with Crippen molar-refractivity contribution in [2.75, 3.05) is 84.1 Å². The van der Waals surface area contributed by atoms with Crippen molar-refractivity contribution >= 4 is 40.5 Å². The van der Waals surface area contributed by atoms with E-state index in [0.29, 0.717) is 101 Å². The van der Waals surface area contributed by atoms with E-state index in [9.17, 15) is 29.1 Å². The van der Waals surface area contributed by atoms with Crippen LogP contribution in [0, 0.1) is 33.6 Å². The van der Waals surface area contributed by atoms with Crippen molar-refractivity contribution in [2.24, 2.45) is 5.92 Å². The number of anilines is 1. The number of nitrogens with zero attached hydrogens (tertiary/aromatic N) is 4. The molecule has 3 N–H and O–H groups in total. The number of nitrogens with one attached hydrogen (secondary N) is 2. The first-order chi connectivity index (χ1) is 41.6. The van der Waals surface area contributed by atoms with Crippen molar-refractivity contribution in [2.45, 2.75) is 118 Å². The summed E-state index contributed by atoms with van der Waals surface area (Å²) in [5.74, 6) is 0.165. The molecule has 4 aromatic carbocycles. The van der Waals surface area contributed by atoms with Gasteiger partial charge >= 0.3 is 0 Å². The molecule has 86 heavy (non-hydrogen) atoms. The Morgan fingerprint density at radius 1 is 0.837 bits per heavy atom. The van der Waals surface area contributed by atoms with Crippen LogP contribution in [0.15, 0.2) is 95.2 Å². The lowest BCUT2D eigenvalue weighted by molar-refractivity contribution is -0.142. The van der Waals surface area contributed by atoms with Gasteiger partial charge in [0.1, 0.15) is 30.8 Å². The number of ketones is 1. The number of Topliss-reactive ketones (excluding diaryl/α,β-unsaturated/α-hetero) is 1. The number of aliphatic hydroxyl groups excluding tert-OH is 1. The number of ether oxygens (including phenoxy) is 6. The second-order valence-corrected chi connectivity index (χ2v) is 23.6. The molecule has 19 heteroatoms. The number of aromatic amines is 1. The third kappa shape index (κ3) is 15.5. The largest absolute Gasteiger partial charge is 0.491 e. The van der Waals surface area contributed by atoms with Gasteiger partial charge in [-0.3, -0.25) is 24.0 Å². The number of hydrogen-bond acceptors (Lipinski definition) is 15. The highest BCUT2D eigenvalue weighted by atomic mass is 32.1. The predicted molar refractivity (Wildman–Crippen MR) is 331 cm³/mol. The van der Waals surface area contributed by atoms with Gasteiger partial charge in [-0.05, 0) is 141 Å². The van der Waals surface area contributed by atoms with E-state index < -0.39 is 18.2 Å². The Bertz CT molecular complexity index is 3380. The SMILES string of the molecule is CCN(c1cc(-c2ccc(OCCOCCOCCOCCOc3cc(-c4scnc4C)ccc3CCC(=O)C3C[C@@H](O)CN3C(=O)[C@H](C(C)C)N3Cc4ccccc4C3=O)cc2)cc(C(=O)NCc2c(C)cc(C)[nH]c2=O)c1C)C1CCOCC1. The van der Waals surface area contributed by atoms with Gasteiger partial charge in [-0.15, -0.1) is 11.3 Å². The van der Waals surface area contributed by atoms with E-state index in [1.807, 2.05) is 114 Å². The number of amides is 3. The Morgan fingerprint density at radius 2 is 1.52 bits per heavy atom. The number of thiazole rings is 1. The second kappa shape index (κ2) is 29.9. The third-order valence-corrected chi connectivity index (χ3v) is 17.4. The van der Waals surface area contributed by atoms with E-state index >= 15 is 0 Å². The van der Waals surface area contributed by atoms with E-state index in [1.165, 1.54) is 16.2 Å². The van der Waals surface area contributed by atoms with Gasteiger partial charge in [0.15, 0.2) is 5.78 Å². The highest BCUT2D eigenvalue weighted by Gasteiger charge is 2.45. The van der Waals surface area contributed by atoms with Gasteiger partial charge < -0.3 is 58.5 Å². The van der Waals surface area contributed by atoms with Crippen LogP contribution in [0.4, 0.5) is 5.69 Å². The monoisotopic (exact) mass is 1190 g/mol. The lowest BCUT2D eigenvalue weighted by atomic mass is 9.95. The van der Waals surface area contributed by atoms with Crippen LogP contribution in [-0.2, 0) is 48.0 Å². The molecule has 3 atom stereocenters. The highest BCUT2D eigenvalue weighted by Crippen LogP contribution is 2.37. The smallest absolute Gasteiger partial charge is 0.255 e. The lowest BCUT2D eigenvalue weighted by Crippen LogP contribution is -2.54. The summed E-state index contributed by atoms with van der Waals surface area (Å²) in [5, 5.41) is 13.9. The summed E-state index contributed by atoms with van der Waals surface area (Å²) in [4.78, 5) is 82.5. The standard InChI is InChI=1S/C67H82N6O12S/c1-8-71(52-21-23-80-24-22-52)58-35-51(34-56(45(58)6)64(76)68-38-57-43(4)33-44(5)70-65(57)77)47-15-18-54(19-16-47)84-31-29-82-27-25-81-26-28-83-30-32-85-61-36-49(63-46(7)69-41-86-63)14-13-48(61)17-20-60(75)59-37-53(74)40-72(59)67(79)62(42(2)3)73-39-50-11-9-10-12-55(50)66(73)78/h9-16,18-19,33-36,41-42,52-53,59,62,74H,8,17,20-32,37-40H2,1-7H3,(H,68,76)(H,70,77)/t53-,59?,62+/m1/s1. The molecule has 5 heterocycles. The number of aliphatic hydroxyl groups is 1. The van der Waals surface area contributed by atoms with E-state index in [2.05, 4.69) is 33.2 Å². The topological polar surface area (TPSA) is 211 Å². The number of hydrogen-bond donors (Lipinski definition) is 3. The summed E-state index contributed by atoms with van der Waals surface area (Å²) < 4.78 is 35.5. The average Bonchev–Trinajstić information content (AvgIpc) is 1.71. The first-order valence-electron chi connectivity index (χ1n) is 30.1. The van der Waals surface area contributed by atoms with Crippen LogP contribution in [0.25, 0.3) is 21.6 Å². The molecular weight excluding hydrogens is 1110 g/mol. The maximum absolute atomic E-state index is 14.3. The molecule has 0 saturated carbocycles. The van der Waals surface area contributed by atoms with Crippen LogP contribution in [-0.4, -0.2) is 152 Å². The molecule has 1 unspecified atom stereocenters. The van der Waals surface area contributed by atoms with Crippen LogP contribution in [0.3, 0.4) is 0 Å². The van der Waals surface area contributed by atoms with Gasteiger partial charge in [0.25, 0.3) is 17.4 Å². The molecule has 2 saturated heterocycles. The first-order valence-corrected chi connectivity index (χ1v) is 31.0. The Balaban J connectivity index is 0.708. The molecule has 3 aliphatic heterocycles. The van der Waals surface area contributed by atoms with Crippen LogP contribution in [0.1, 0.15) is 106 Å². The molecule has 0 radical (unpaired) electrons. The van der Waals surface area contributed by atoms with Crippen molar-refractivity contribution < 1.29 is 52.7 Å². The average molecular weight is 1200 g/mol. The Labute approximate surface area is 508 Å². The van der Waals surface area contributed by atoms with Crippen molar-refractivity contribution in [3.05, 3.63) is 151 Å². The van der Waals surface area contributed by atoms with Gasteiger partial charge in [-0.2, -0.15) is 0 Å². The second-order valence-electron chi connectivity index (χ2n) is 22.7. The van der Waals surface area contributed by atoms with Crippen LogP contribution in [0.2, 0.25) is 0 Å². The number of fused-ring (bicyclic) bond motifs is 1. The zero-order valence-corrected chi connectivity index (χ0v) is 51.4. The molecule has 3 amide bonds. The van der Waals surface area contributed by atoms with Gasteiger partial charge in [0.2, 0.25) is 5.91 Å². The summed E-state index contributed by atoms with van der Waals surface area (Å²) in [7, 11) is 0. The first kappa shape index (κ1) is 63.2. The summed E-state index contributed by atoms with van der Waals surface area (Å²) in [5.41, 5.74) is 12.1. The number of carbonyl (C=O) groups is 4. The van der Waals surface area contributed by atoms with Gasteiger partial charge in [0.05, 0.1) is 67.9 Å². The third-order valence-electron chi connectivity index (χ3n) is 16.5. The number of rotatable bonds is 29. The number of β-amino-alcohol motifs (C(OH)–C–C–N with tert-alkyl or cyclic N) is 1. The number of likely N-dealkylation sites (tertiary alicyclic amines) is 1. The molecule has 6 aromatic rings. The van der Waals surface area contributed by atoms with E-state index in [4.69, 9.17) is 28.4 Å². The minimum Gasteiger partial charge on any atom is -0.491 e. The maximum atomic E-state index is 14.3. The van der Waals surface area contributed by atoms with E-state index in [0.717, 1.165) is 80.3 Å². The van der Waals surface area contributed by atoms with Crippen LogP contribution >= 0.6 is 11.3 Å². The number of H-pyrrole nitrogens is 1. The summed E-state index contributed by atoms with van der Waals surface area (Å²) >= 11 is 1.54. The van der Waals surface area contributed by atoms with Crippen LogP contribution < -0.4 is 25.2 Å². The maximum Gasteiger partial charge on any atom is 0.255 e. The van der Waals surface area contributed by atoms with Crippen molar-refractivity contribution in [3.8, 4) is 33.1 Å². The molecule has 0 spiro atoms. The summed E-state index contributed by atoms with van der Waals surface area (Å²) in [6, 6.07) is 25.8. The number of carbonyl (C=O) groups excluding carboxylic acids is 4. The Kier molecular flexibility index (Phi) is 22.0. The van der Waals surface area contributed by atoms with E-state index in [-0.39, 0.29) is 73.6 Å². The normalized spacial score (nSPS) is 16.4. The molecule has 0 aliphatic carbocycles. The molecule has 2 aromatic heterocycles. The van der Waals surface area contributed by atoms with Gasteiger partial charge in [-0.25, -0.2) is 4.98 Å². The number of aryl methyl sites for hydroxylation is 4. The number of pyridine rings is 1. The van der Waals surface area contributed by atoms with Crippen LogP contribution in [0.5, 0.6) is 11.5 Å². The quantitative estimate of drug-likeness (QED) is 0.0375. The zero-order valence-electron chi connectivity index (χ0n) is 50.6. The Hall–Kier alpha value is -7.26. The molecule has 0 bridgehead atoms. The fourth-order valence-corrected chi connectivity index (χ4v) is 12.8. The van der Waals surface area contributed by atoms with Crippen molar-refractivity contribution in [1.29, 1.82) is 0 Å². The lowest BCUT2D eigenvalue weighted by Gasteiger charge is -2.37. The number of aromatic nitrogens is 2. The Morgan fingerprint density at radius 3 is 2.19 bits per heavy atom. The van der Waals surface area contributed by atoms with Crippen molar-refractivity contribution in [1.82, 2.24) is 25.1 Å². The van der Waals surface area contributed by atoms with Gasteiger partial charge in [0, 0.05) is 86.3 Å². The highest BCUT2D eigenvalue weighted by molar-refractivity contribution is 7.13. The molecule has 2 fully saturated rings. The molecule has 3 aliphatic rings. The fourth-order valence-electron chi connectivity index (χ4n) is 12.0. The fraction of sp³-hybridized carbons (Fsp3) is 0.463. The minimum atomic E-state index is -0.852.